The molecule has 0 radical (unpaired) electrons. The Hall–Kier alpha value is -1.80. The first-order valence-electron chi connectivity index (χ1n) is 5.34. The summed E-state index contributed by atoms with van der Waals surface area (Å²) in [4.78, 5) is -0.326. The molecule has 5 nitrogen and oxygen atoms in total. The summed E-state index contributed by atoms with van der Waals surface area (Å²) in [5.41, 5.74) is 1.40. The van der Waals surface area contributed by atoms with Gasteiger partial charge in [0.2, 0.25) is 10.0 Å². The normalized spacial score (nSPS) is 11.7. The number of hydrogen-bond donors (Lipinski definition) is 2. The van der Waals surface area contributed by atoms with Crippen molar-refractivity contribution in [3.8, 4) is 0 Å². The lowest BCUT2D eigenvalue weighted by molar-refractivity contribution is 0.504. The van der Waals surface area contributed by atoms with E-state index in [1.54, 1.807) is 6.92 Å². The summed E-state index contributed by atoms with van der Waals surface area (Å²) in [6.07, 6.45) is 1.49. The van der Waals surface area contributed by atoms with E-state index in [1.165, 1.54) is 6.20 Å². The number of hydrogen-bond acceptors (Lipinski definition) is 3. The Bertz CT molecular complexity index is 698. The van der Waals surface area contributed by atoms with Crippen LogP contribution in [0.1, 0.15) is 11.3 Å². The maximum absolute atomic E-state index is 13.0. The second-order valence-electron chi connectivity index (χ2n) is 3.92. The van der Waals surface area contributed by atoms with Crippen LogP contribution in [0.25, 0.3) is 0 Å². The fraction of sp³-hybridized carbons (Fsp3) is 0.182. The number of sulfonamides is 1. The molecule has 8 heteroatoms. The zero-order valence-electron chi connectivity index (χ0n) is 9.94. The summed E-state index contributed by atoms with van der Waals surface area (Å²) >= 11 is 0. The van der Waals surface area contributed by atoms with Crippen molar-refractivity contribution in [2.24, 2.45) is 0 Å². The molecule has 0 amide bonds. The van der Waals surface area contributed by atoms with Crippen LogP contribution in [0.4, 0.5) is 8.78 Å². The molecule has 0 spiro atoms. The Morgan fingerprint density at radius 2 is 2.05 bits per heavy atom. The van der Waals surface area contributed by atoms with Gasteiger partial charge in [0.1, 0.15) is 0 Å². The summed E-state index contributed by atoms with van der Waals surface area (Å²) in [6, 6.07) is 2.41. The molecule has 0 bridgehead atoms. The number of rotatable bonds is 4. The zero-order valence-corrected chi connectivity index (χ0v) is 10.8. The summed E-state index contributed by atoms with van der Waals surface area (Å²) in [7, 11) is -3.89. The summed E-state index contributed by atoms with van der Waals surface area (Å²) in [6.45, 7) is 1.76. The number of benzene rings is 1. The number of aromatic amines is 1. The zero-order chi connectivity index (χ0) is 14.0. The lowest BCUT2D eigenvalue weighted by atomic mass is 10.3. The molecule has 1 heterocycles. The highest BCUT2D eigenvalue weighted by Gasteiger charge is 2.16. The Kier molecular flexibility index (Phi) is 3.63. The van der Waals surface area contributed by atoms with Crippen LogP contribution in [0.15, 0.2) is 29.3 Å². The predicted octanol–water partition coefficient (Wildman–Crippen LogP) is 1.47. The number of halogens is 2. The smallest absolute Gasteiger partial charge is 0.240 e. The van der Waals surface area contributed by atoms with Crippen molar-refractivity contribution < 1.29 is 17.2 Å². The highest BCUT2D eigenvalue weighted by Crippen LogP contribution is 2.14. The second kappa shape index (κ2) is 5.06. The molecule has 19 heavy (non-hydrogen) atoms. The third kappa shape index (κ3) is 2.96. The molecule has 0 saturated carbocycles. The van der Waals surface area contributed by atoms with Gasteiger partial charge in [0.05, 0.1) is 11.1 Å². The third-order valence-electron chi connectivity index (χ3n) is 2.59. The molecule has 0 saturated heterocycles. The van der Waals surface area contributed by atoms with E-state index in [0.29, 0.717) is 11.6 Å². The van der Waals surface area contributed by atoms with Crippen LogP contribution in [-0.4, -0.2) is 18.6 Å². The van der Waals surface area contributed by atoms with Crippen LogP contribution in [0.5, 0.6) is 0 Å². The Morgan fingerprint density at radius 1 is 1.32 bits per heavy atom. The third-order valence-corrected chi connectivity index (χ3v) is 3.99. The average Bonchev–Trinajstić information content (AvgIpc) is 2.76. The molecule has 0 aliphatic carbocycles. The summed E-state index contributed by atoms with van der Waals surface area (Å²) in [5, 5.41) is 6.42. The number of H-pyrrole nitrogens is 1. The van der Waals surface area contributed by atoms with Gasteiger partial charge in [-0.25, -0.2) is 21.9 Å². The van der Waals surface area contributed by atoms with Crippen LogP contribution in [0.3, 0.4) is 0 Å². The van der Waals surface area contributed by atoms with Crippen LogP contribution < -0.4 is 4.72 Å². The Morgan fingerprint density at radius 3 is 2.63 bits per heavy atom. The molecule has 0 atom stereocenters. The predicted molar refractivity (Wildman–Crippen MR) is 63.7 cm³/mol. The van der Waals surface area contributed by atoms with E-state index >= 15 is 0 Å². The number of nitrogens with zero attached hydrogens (tertiary/aromatic N) is 1. The van der Waals surface area contributed by atoms with Crippen molar-refractivity contribution in [2.75, 3.05) is 0 Å². The van der Waals surface area contributed by atoms with E-state index < -0.39 is 21.7 Å². The highest BCUT2D eigenvalue weighted by molar-refractivity contribution is 7.89. The fourth-order valence-electron chi connectivity index (χ4n) is 1.45. The minimum Gasteiger partial charge on any atom is -0.283 e. The number of nitrogens with one attached hydrogen (secondary N) is 2. The van der Waals surface area contributed by atoms with Gasteiger partial charge in [0.25, 0.3) is 0 Å². The molecule has 1 aromatic heterocycles. The molecule has 0 unspecified atom stereocenters. The van der Waals surface area contributed by atoms with Gasteiger partial charge < -0.3 is 0 Å². The highest BCUT2D eigenvalue weighted by atomic mass is 32.2. The van der Waals surface area contributed by atoms with E-state index in [0.717, 1.165) is 17.8 Å². The van der Waals surface area contributed by atoms with Crippen molar-refractivity contribution in [1.82, 2.24) is 14.9 Å². The Labute approximate surface area is 108 Å². The number of aryl methyl sites for hydroxylation is 1. The average molecular weight is 287 g/mol. The largest absolute Gasteiger partial charge is 0.283 e. The lowest BCUT2D eigenvalue weighted by Crippen LogP contribution is -2.23. The van der Waals surface area contributed by atoms with Crippen molar-refractivity contribution in [1.29, 1.82) is 0 Å². The molecule has 2 N–H and O–H groups in total. The lowest BCUT2D eigenvalue weighted by Gasteiger charge is -2.06. The van der Waals surface area contributed by atoms with Gasteiger partial charge >= 0.3 is 0 Å². The standard InChI is InChI=1S/C11H11F2N3O2S/c1-7-8(5-14-16-7)6-15-19(17,18)9-2-3-10(12)11(13)4-9/h2-5,15H,6H2,1H3,(H,14,16). The molecule has 102 valence electrons. The van der Waals surface area contributed by atoms with Crippen LogP contribution >= 0.6 is 0 Å². The SMILES string of the molecule is Cc1[nH]ncc1CNS(=O)(=O)c1ccc(F)c(F)c1. The molecule has 2 rings (SSSR count). The molecular weight excluding hydrogens is 276 g/mol. The minimum absolute atomic E-state index is 0.0175. The molecule has 1 aromatic carbocycles. The van der Waals surface area contributed by atoms with E-state index in [1.807, 2.05) is 0 Å². The summed E-state index contributed by atoms with van der Waals surface area (Å²) in [5.74, 6) is -2.30. The maximum atomic E-state index is 13.0. The van der Waals surface area contributed by atoms with Crippen molar-refractivity contribution >= 4 is 10.0 Å². The van der Waals surface area contributed by atoms with Gasteiger partial charge in [-0.15, -0.1) is 0 Å². The maximum Gasteiger partial charge on any atom is 0.240 e. The van der Waals surface area contributed by atoms with Crippen molar-refractivity contribution in [3.63, 3.8) is 0 Å². The first kappa shape index (κ1) is 13.6. The molecule has 0 aliphatic heterocycles. The van der Waals surface area contributed by atoms with Crippen molar-refractivity contribution in [3.05, 3.63) is 47.3 Å². The quantitative estimate of drug-likeness (QED) is 0.894. The molecular formula is C11H11F2N3O2S. The monoisotopic (exact) mass is 287 g/mol. The minimum atomic E-state index is -3.89. The van der Waals surface area contributed by atoms with E-state index in [2.05, 4.69) is 14.9 Å². The molecule has 0 fully saturated rings. The van der Waals surface area contributed by atoms with E-state index in [4.69, 9.17) is 0 Å². The van der Waals surface area contributed by atoms with Gasteiger partial charge in [-0.1, -0.05) is 0 Å². The van der Waals surface area contributed by atoms with Gasteiger partial charge in [-0.2, -0.15) is 5.10 Å². The summed E-state index contributed by atoms with van der Waals surface area (Å²) < 4.78 is 51.8. The van der Waals surface area contributed by atoms with Gasteiger partial charge in [0.15, 0.2) is 11.6 Å². The van der Waals surface area contributed by atoms with Gasteiger partial charge in [-0.3, -0.25) is 5.10 Å². The van der Waals surface area contributed by atoms with Crippen LogP contribution in [-0.2, 0) is 16.6 Å². The van der Waals surface area contributed by atoms with E-state index in [-0.39, 0.29) is 11.4 Å². The van der Waals surface area contributed by atoms with Crippen molar-refractivity contribution in [2.45, 2.75) is 18.4 Å². The Balaban J connectivity index is 2.18. The first-order chi connectivity index (χ1) is 8.90. The van der Waals surface area contributed by atoms with Crippen LogP contribution in [0, 0.1) is 18.6 Å². The first-order valence-corrected chi connectivity index (χ1v) is 6.82. The topological polar surface area (TPSA) is 74.8 Å². The van der Waals surface area contributed by atoms with Crippen LogP contribution in [0.2, 0.25) is 0 Å². The molecule has 2 aromatic rings. The van der Waals surface area contributed by atoms with Gasteiger partial charge in [0, 0.05) is 17.8 Å². The fourth-order valence-corrected chi connectivity index (χ4v) is 2.47. The second-order valence-corrected chi connectivity index (χ2v) is 5.69. The van der Waals surface area contributed by atoms with Gasteiger partial charge in [-0.05, 0) is 25.1 Å². The van der Waals surface area contributed by atoms with E-state index in [9.17, 15) is 17.2 Å². The number of aromatic nitrogens is 2. The molecule has 0 aliphatic rings.